The third-order valence-electron chi connectivity index (χ3n) is 14.6. The molecule has 0 saturated carbocycles. The van der Waals surface area contributed by atoms with Gasteiger partial charge in [0.1, 0.15) is 11.2 Å². The molecule has 1 spiro atoms. The summed E-state index contributed by atoms with van der Waals surface area (Å²) in [5, 5.41) is 4.32. The third kappa shape index (κ3) is 5.48. The summed E-state index contributed by atoms with van der Waals surface area (Å²) >= 11 is 1.79. The van der Waals surface area contributed by atoms with Crippen LogP contribution in [0.25, 0.3) is 121 Å². The van der Waals surface area contributed by atoms with E-state index in [0.29, 0.717) is 17.5 Å². The van der Waals surface area contributed by atoms with Gasteiger partial charge in [0.25, 0.3) is 0 Å². The standard InChI is InChI=1S/C64H37N3OS/c1-2-16-38(17-3-1)39-18-12-19-41(36-39)61-65-62(67-63(66-61)49-27-15-33-57-59(49)47-23-7-11-32-56(47)69-57)48-26-14-31-55-58(48)50-37-40(34-35-54(50)68-55)42-24-13-25-46-45-22-6-10-30-53(45)64(60(42)46)51-28-8-4-20-43(51)44-21-5-9-29-52(44)64/h1-37H. The number of benzene rings is 10. The van der Waals surface area contributed by atoms with E-state index in [9.17, 15) is 0 Å². The van der Waals surface area contributed by atoms with Crippen molar-refractivity contribution in [2.75, 3.05) is 0 Å². The molecule has 0 N–H and O–H groups in total. The molecule has 0 aliphatic heterocycles. The molecule has 5 heteroatoms. The molecule has 3 heterocycles. The second-order valence-electron chi connectivity index (χ2n) is 18.1. The molecule has 0 bridgehead atoms. The normalized spacial score (nSPS) is 13.0. The number of nitrogens with zero attached hydrogens (tertiary/aromatic N) is 3. The number of aromatic nitrogens is 3. The molecule has 2 aliphatic carbocycles. The number of hydrogen-bond donors (Lipinski definition) is 0. The Hall–Kier alpha value is -8.77. The molecule has 4 nitrogen and oxygen atoms in total. The maximum atomic E-state index is 6.76. The van der Waals surface area contributed by atoms with Crippen molar-refractivity contribution in [2.24, 2.45) is 0 Å². The van der Waals surface area contributed by atoms with Crippen LogP contribution in [-0.4, -0.2) is 15.0 Å². The van der Waals surface area contributed by atoms with Crippen LogP contribution in [0.5, 0.6) is 0 Å². The van der Waals surface area contributed by atoms with Crippen LogP contribution < -0.4 is 0 Å². The van der Waals surface area contributed by atoms with E-state index in [1.165, 1.54) is 64.9 Å². The first-order chi connectivity index (χ1) is 34.2. The molecule has 15 rings (SSSR count). The molecular weight excluding hydrogens is 859 g/mol. The average Bonchev–Trinajstić information content (AvgIpc) is 4.16. The van der Waals surface area contributed by atoms with E-state index in [-0.39, 0.29) is 0 Å². The van der Waals surface area contributed by atoms with Gasteiger partial charge in [-0.15, -0.1) is 11.3 Å². The highest BCUT2D eigenvalue weighted by atomic mass is 32.1. The quantitative estimate of drug-likeness (QED) is 0.173. The summed E-state index contributed by atoms with van der Waals surface area (Å²) in [5.74, 6) is 1.82. The zero-order valence-corrected chi connectivity index (χ0v) is 37.8. The van der Waals surface area contributed by atoms with E-state index in [0.717, 1.165) is 60.7 Å². The molecule has 3 aromatic heterocycles. The molecule has 0 amide bonds. The molecule has 0 saturated heterocycles. The largest absolute Gasteiger partial charge is 0.456 e. The van der Waals surface area contributed by atoms with Gasteiger partial charge in [-0.3, -0.25) is 0 Å². The molecule has 2 aliphatic rings. The second kappa shape index (κ2) is 14.6. The fourth-order valence-electron chi connectivity index (χ4n) is 11.8. The lowest BCUT2D eigenvalue weighted by Gasteiger charge is -2.32. The molecule has 320 valence electrons. The lowest BCUT2D eigenvalue weighted by Crippen LogP contribution is -2.26. The van der Waals surface area contributed by atoms with Gasteiger partial charge in [0.15, 0.2) is 17.5 Å². The smallest absolute Gasteiger partial charge is 0.164 e. The Bertz CT molecular complexity index is 4210. The summed E-state index contributed by atoms with van der Waals surface area (Å²) < 4.78 is 9.18. The Morgan fingerprint density at radius 3 is 1.62 bits per heavy atom. The van der Waals surface area contributed by atoms with Gasteiger partial charge in [-0.05, 0) is 103 Å². The van der Waals surface area contributed by atoms with Crippen molar-refractivity contribution in [2.45, 2.75) is 5.41 Å². The van der Waals surface area contributed by atoms with E-state index < -0.39 is 5.41 Å². The van der Waals surface area contributed by atoms with Crippen molar-refractivity contribution in [1.82, 2.24) is 15.0 Å². The summed E-state index contributed by atoms with van der Waals surface area (Å²) in [6.07, 6.45) is 0. The van der Waals surface area contributed by atoms with Crippen molar-refractivity contribution < 1.29 is 4.42 Å². The van der Waals surface area contributed by atoms with Crippen molar-refractivity contribution in [3.8, 4) is 78.7 Å². The second-order valence-corrected chi connectivity index (χ2v) is 19.2. The van der Waals surface area contributed by atoms with Crippen LogP contribution in [0.3, 0.4) is 0 Å². The maximum Gasteiger partial charge on any atom is 0.164 e. The van der Waals surface area contributed by atoms with E-state index in [1.807, 2.05) is 12.1 Å². The van der Waals surface area contributed by atoms with Gasteiger partial charge in [0.2, 0.25) is 0 Å². The molecule has 0 unspecified atom stereocenters. The number of thiophene rings is 1. The van der Waals surface area contributed by atoms with Crippen molar-refractivity contribution in [3.63, 3.8) is 0 Å². The Labute approximate surface area is 401 Å². The van der Waals surface area contributed by atoms with Gasteiger partial charge in [-0.1, -0.05) is 188 Å². The zero-order valence-electron chi connectivity index (χ0n) is 37.0. The van der Waals surface area contributed by atoms with E-state index in [2.05, 4.69) is 212 Å². The number of hydrogen-bond acceptors (Lipinski definition) is 5. The predicted molar refractivity (Wildman–Crippen MR) is 283 cm³/mol. The molecular formula is C64H37N3OS. The molecule has 0 radical (unpaired) electrons. The molecule has 0 atom stereocenters. The van der Waals surface area contributed by atoms with Gasteiger partial charge >= 0.3 is 0 Å². The van der Waals surface area contributed by atoms with Crippen molar-refractivity contribution in [1.29, 1.82) is 0 Å². The predicted octanol–water partition coefficient (Wildman–Crippen LogP) is 16.8. The average molecular weight is 896 g/mol. The minimum Gasteiger partial charge on any atom is -0.456 e. The van der Waals surface area contributed by atoms with Crippen LogP contribution in [0.15, 0.2) is 229 Å². The van der Waals surface area contributed by atoms with Crippen molar-refractivity contribution >= 4 is 53.4 Å². The van der Waals surface area contributed by atoms with Crippen LogP contribution in [0.4, 0.5) is 0 Å². The Morgan fingerprint density at radius 2 is 0.855 bits per heavy atom. The van der Waals surface area contributed by atoms with Crippen molar-refractivity contribution in [3.05, 3.63) is 247 Å². The Kier molecular flexibility index (Phi) is 8.12. The van der Waals surface area contributed by atoms with Gasteiger partial charge < -0.3 is 4.42 Å². The topological polar surface area (TPSA) is 51.8 Å². The fraction of sp³-hybridized carbons (Fsp3) is 0.0156. The van der Waals surface area contributed by atoms with Gasteiger partial charge in [0.05, 0.1) is 5.41 Å². The minimum atomic E-state index is -0.486. The van der Waals surface area contributed by atoms with Crippen LogP contribution in [-0.2, 0) is 5.41 Å². The van der Waals surface area contributed by atoms with Gasteiger partial charge in [-0.2, -0.15) is 0 Å². The summed E-state index contributed by atoms with van der Waals surface area (Å²) in [5.41, 5.74) is 18.8. The highest BCUT2D eigenvalue weighted by Crippen LogP contribution is 2.64. The van der Waals surface area contributed by atoms with Crippen LogP contribution in [0.1, 0.15) is 22.3 Å². The Balaban J connectivity index is 0.967. The summed E-state index contributed by atoms with van der Waals surface area (Å²) in [6, 6.07) is 80.8. The van der Waals surface area contributed by atoms with Crippen LogP contribution >= 0.6 is 11.3 Å². The first-order valence-electron chi connectivity index (χ1n) is 23.4. The van der Waals surface area contributed by atoms with Gasteiger partial charge in [0, 0.05) is 47.6 Å². The highest BCUT2D eigenvalue weighted by molar-refractivity contribution is 7.25. The maximum absolute atomic E-state index is 6.76. The van der Waals surface area contributed by atoms with E-state index in [1.54, 1.807) is 11.3 Å². The van der Waals surface area contributed by atoms with E-state index in [4.69, 9.17) is 19.4 Å². The third-order valence-corrected chi connectivity index (χ3v) is 15.7. The number of fused-ring (bicyclic) bond motifs is 16. The minimum absolute atomic E-state index is 0.486. The number of furan rings is 1. The number of rotatable bonds is 5. The lowest BCUT2D eigenvalue weighted by molar-refractivity contribution is 0.669. The first-order valence-corrected chi connectivity index (χ1v) is 24.2. The summed E-state index contributed by atoms with van der Waals surface area (Å²) in [4.78, 5) is 16.1. The molecule has 13 aromatic rings. The summed E-state index contributed by atoms with van der Waals surface area (Å²) in [6.45, 7) is 0. The van der Waals surface area contributed by atoms with E-state index >= 15 is 0 Å². The Morgan fingerprint density at radius 1 is 0.319 bits per heavy atom. The zero-order chi connectivity index (χ0) is 45.2. The van der Waals surface area contributed by atoms with Crippen LogP contribution in [0, 0.1) is 0 Å². The molecule has 10 aromatic carbocycles. The lowest BCUT2D eigenvalue weighted by atomic mass is 9.68. The monoisotopic (exact) mass is 895 g/mol. The van der Waals surface area contributed by atoms with Crippen LogP contribution in [0.2, 0.25) is 0 Å². The molecule has 69 heavy (non-hydrogen) atoms. The van der Waals surface area contributed by atoms with Gasteiger partial charge in [-0.25, -0.2) is 15.0 Å². The highest BCUT2D eigenvalue weighted by Gasteiger charge is 2.52. The fourth-order valence-corrected chi connectivity index (χ4v) is 12.9. The summed E-state index contributed by atoms with van der Waals surface area (Å²) in [7, 11) is 0. The molecule has 0 fully saturated rings. The first kappa shape index (κ1) is 38.3. The SMILES string of the molecule is c1ccc(-c2cccc(-c3nc(-c4cccc5oc6ccc(-c7cccc8c7C7(c9ccccc9-c9ccccc97)c7ccccc7-8)cc6c45)nc(-c4cccc5sc6ccccc6c45)n3)c2)cc1.